The summed E-state index contributed by atoms with van der Waals surface area (Å²) in [6.07, 6.45) is 1.92. The SMILES string of the molecule is COc1ccc(C)cc1NC1NC(=O)/C(=C/c2cccs2)S1. The van der Waals surface area contributed by atoms with Gasteiger partial charge in [0.25, 0.3) is 5.91 Å². The Bertz CT molecular complexity index is 711. The Balaban J connectivity index is 1.75. The number of hydrogen-bond acceptors (Lipinski definition) is 5. The van der Waals surface area contributed by atoms with Gasteiger partial charge in [0.05, 0.1) is 17.7 Å². The molecule has 1 aliphatic heterocycles. The van der Waals surface area contributed by atoms with E-state index in [4.69, 9.17) is 4.74 Å². The molecule has 1 fully saturated rings. The number of thiophene rings is 1. The average Bonchev–Trinajstić information content (AvgIpc) is 3.10. The van der Waals surface area contributed by atoms with Crippen LogP contribution in [0.5, 0.6) is 5.75 Å². The molecule has 6 heteroatoms. The Morgan fingerprint density at radius 2 is 2.23 bits per heavy atom. The lowest BCUT2D eigenvalue weighted by molar-refractivity contribution is -0.116. The summed E-state index contributed by atoms with van der Waals surface area (Å²) < 4.78 is 5.35. The van der Waals surface area contributed by atoms with Gasteiger partial charge < -0.3 is 15.4 Å². The van der Waals surface area contributed by atoms with E-state index in [0.717, 1.165) is 21.9 Å². The van der Waals surface area contributed by atoms with Gasteiger partial charge in [0.1, 0.15) is 5.75 Å². The highest BCUT2D eigenvalue weighted by Crippen LogP contribution is 2.33. The highest BCUT2D eigenvalue weighted by molar-refractivity contribution is 8.05. The van der Waals surface area contributed by atoms with E-state index < -0.39 is 0 Å². The zero-order valence-corrected chi connectivity index (χ0v) is 13.9. The molecule has 2 N–H and O–H groups in total. The molecule has 2 heterocycles. The molecule has 1 unspecified atom stereocenters. The first-order valence-electron chi connectivity index (χ1n) is 6.79. The summed E-state index contributed by atoms with van der Waals surface area (Å²) in [5, 5.41) is 8.24. The fraction of sp³-hybridized carbons (Fsp3) is 0.188. The number of amides is 1. The summed E-state index contributed by atoms with van der Waals surface area (Å²) in [7, 11) is 1.64. The highest BCUT2D eigenvalue weighted by Gasteiger charge is 2.27. The van der Waals surface area contributed by atoms with Crippen LogP contribution in [0.15, 0.2) is 40.6 Å². The number of aryl methyl sites for hydroxylation is 1. The topological polar surface area (TPSA) is 50.4 Å². The van der Waals surface area contributed by atoms with Crippen molar-refractivity contribution in [3.8, 4) is 5.75 Å². The van der Waals surface area contributed by atoms with Gasteiger partial charge in [0.2, 0.25) is 0 Å². The smallest absolute Gasteiger partial charge is 0.260 e. The molecule has 3 rings (SSSR count). The molecule has 0 spiro atoms. The van der Waals surface area contributed by atoms with Crippen LogP contribution in [-0.4, -0.2) is 18.5 Å². The maximum atomic E-state index is 12.1. The summed E-state index contributed by atoms with van der Waals surface area (Å²) >= 11 is 3.09. The molecule has 114 valence electrons. The quantitative estimate of drug-likeness (QED) is 0.839. The monoisotopic (exact) mass is 332 g/mol. The number of nitrogens with one attached hydrogen (secondary N) is 2. The third kappa shape index (κ3) is 3.28. The lowest BCUT2D eigenvalue weighted by Gasteiger charge is -2.16. The van der Waals surface area contributed by atoms with Gasteiger partial charge in [0, 0.05) is 4.88 Å². The van der Waals surface area contributed by atoms with Crippen LogP contribution in [0, 0.1) is 6.92 Å². The van der Waals surface area contributed by atoms with Crippen molar-refractivity contribution in [2.45, 2.75) is 12.4 Å². The van der Waals surface area contributed by atoms with E-state index in [0.29, 0.717) is 4.91 Å². The largest absolute Gasteiger partial charge is 0.495 e. The second-order valence-electron chi connectivity index (χ2n) is 4.84. The van der Waals surface area contributed by atoms with Crippen LogP contribution in [-0.2, 0) is 4.79 Å². The van der Waals surface area contributed by atoms with Gasteiger partial charge in [-0.25, -0.2) is 0 Å². The molecule has 1 aromatic heterocycles. The lowest BCUT2D eigenvalue weighted by Crippen LogP contribution is -2.31. The van der Waals surface area contributed by atoms with Gasteiger partial charge in [-0.05, 0) is 42.1 Å². The van der Waals surface area contributed by atoms with E-state index in [-0.39, 0.29) is 11.4 Å². The van der Waals surface area contributed by atoms with E-state index in [1.807, 2.05) is 48.7 Å². The van der Waals surface area contributed by atoms with E-state index in [1.165, 1.54) is 11.8 Å². The summed E-state index contributed by atoms with van der Waals surface area (Å²) in [6.45, 7) is 2.02. The Labute approximate surface area is 137 Å². The number of ether oxygens (including phenoxy) is 1. The van der Waals surface area contributed by atoms with E-state index >= 15 is 0 Å². The van der Waals surface area contributed by atoms with Gasteiger partial charge in [-0.1, -0.05) is 23.9 Å². The Morgan fingerprint density at radius 1 is 1.36 bits per heavy atom. The first-order valence-corrected chi connectivity index (χ1v) is 8.55. The molecule has 4 nitrogen and oxygen atoms in total. The van der Waals surface area contributed by atoms with Crippen molar-refractivity contribution < 1.29 is 9.53 Å². The minimum atomic E-state index is -0.200. The predicted molar refractivity (Wildman–Crippen MR) is 93.2 cm³/mol. The molecule has 2 aromatic rings. The van der Waals surface area contributed by atoms with Gasteiger partial charge in [-0.3, -0.25) is 4.79 Å². The first kappa shape index (κ1) is 15.0. The summed E-state index contributed by atoms with van der Waals surface area (Å²) in [5.41, 5.74) is 1.80. The maximum Gasteiger partial charge on any atom is 0.260 e. The fourth-order valence-corrected chi connectivity index (χ4v) is 3.84. The number of carbonyl (C=O) groups excluding carboxylic acids is 1. The zero-order chi connectivity index (χ0) is 15.5. The van der Waals surface area contributed by atoms with Gasteiger partial charge in [-0.2, -0.15) is 0 Å². The van der Waals surface area contributed by atoms with E-state index in [2.05, 4.69) is 10.6 Å². The fourth-order valence-electron chi connectivity index (χ4n) is 2.14. The van der Waals surface area contributed by atoms with Crippen LogP contribution in [0.1, 0.15) is 10.4 Å². The lowest BCUT2D eigenvalue weighted by atomic mass is 10.2. The van der Waals surface area contributed by atoms with Crippen LogP contribution >= 0.6 is 23.1 Å². The summed E-state index contributed by atoms with van der Waals surface area (Å²) in [5.74, 6) is 0.707. The molecule has 0 radical (unpaired) electrons. The molecule has 1 aliphatic rings. The molecule has 1 amide bonds. The molecular formula is C16H16N2O2S2. The number of hydrogen-bond donors (Lipinski definition) is 2. The van der Waals surface area contributed by atoms with Crippen molar-refractivity contribution in [3.63, 3.8) is 0 Å². The Kier molecular flexibility index (Phi) is 4.40. The number of thioether (sulfide) groups is 1. The van der Waals surface area contributed by atoms with Gasteiger partial charge in [0.15, 0.2) is 5.50 Å². The molecule has 1 aromatic carbocycles. The molecule has 0 bridgehead atoms. The zero-order valence-electron chi connectivity index (χ0n) is 12.3. The molecule has 0 saturated carbocycles. The number of anilines is 1. The Morgan fingerprint density at radius 3 is 2.95 bits per heavy atom. The first-order chi connectivity index (χ1) is 10.7. The van der Waals surface area contributed by atoms with Crippen LogP contribution in [0.2, 0.25) is 0 Å². The van der Waals surface area contributed by atoms with Crippen molar-refractivity contribution in [2.24, 2.45) is 0 Å². The number of benzene rings is 1. The second-order valence-corrected chi connectivity index (χ2v) is 6.97. The standard InChI is InChI=1S/C16H16N2O2S2/c1-10-5-6-13(20-2)12(8-10)17-16-18-15(19)14(22-16)9-11-4-3-7-21-11/h3-9,16-17H,1-2H3,(H,18,19)/b14-9-. The molecule has 0 aliphatic carbocycles. The number of methoxy groups -OCH3 is 1. The van der Waals surface area contributed by atoms with E-state index in [9.17, 15) is 4.79 Å². The second kappa shape index (κ2) is 6.46. The normalized spacial score (nSPS) is 19.3. The summed E-state index contributed by atoms with van der Waals surface area (Å²) in [6, 6.07) is 9.89. The number of rotatable bonds is 4. The van der Waals surface area contributed by atoms with Crippen LogP contribution in [0.3, 0.4) is 0 Å². The predicted octanol–water partition coefficient (Wildman–Crippen LogP) is 3.66. The minimum absolute atomic E-state index is 0.0532. The summed E-state index contributed by atoms with van der Waals surface area (Å²) in [4.78, 5) is 13.8. The van der Waals surface area contributed by atoms with Crippen molar-refractivity contribution in [1.29, 1.82) is 0 Å². The Hall–Kier alpha value is -1.92. The minimum Gasteiger partial charge on any atom is -0.495 e. The van der Waals surface area contributed by atoms with Crippen molar-refractivity contribution >= 4 is 40.8 Å². The maximum absolute atomic E-state index is 12.1. The van der Waals surface area contributed by atoms with Crippen LogP contribution < -0.4 is 15.4 Å². The van der Waals surface area contributed by atoms with Gasteiger partial charge in [-0.15, -0.1) is 11.3 Å². The van der Waals surface area contributed by atoms with Crippen LogP contribution in [0.4, 0.5) is 5.69 Å². The van der Waals surface area contributed by atoms with E-state index in [1.54, 1.807) is 18.4 Å². The third-order valence-corrected chi connectivity index (χ3v) is 5.04. The third-order valence-electron chi connectivity index (χ3n) is 3.19. The molecule has 1 atom stereocenters. The average molecular weight is 332 g/mol. The number of carbonyl (C=O) groups is 1. The van der Waals surface area contributed by atoms with Crippen molar-refractivity contribution in [3.05, 3.63) is 51.1 Å². The molecule has 22 heavy (non-hydrogen) atoms. The van der Waals surface area contributed by atoms with Gasteiger partial charge >= 0.3 is 0 Å². The van der Waals surface area contributed by atoms with Crippen molar-refractivity contribution in [2.75, 3.05) is 12.4 Å². The highest BCUT2D eigenvalue weighted by atomic mass is 32.2. The molecule has 1 saturated heterocycles. The molecular weight excluding hydrogens is 316 g/mol. The van der Waals surface area contributed by atoms with Crippen LogP contribution in [0.25, 0.3) is 6.08 Å². The van der Waals surface area contributed by atoms with Crippen molar-refractivity contribution in [1.82, 2.24) is 5.32 Å².